The van der Waals surface area contributed by atoms with E-state index in [2.05, 4.69) is 15.5 Å². The first-order valence-corrected chi connectivity index (χ1v) is 8.17. The predicted molar refractivity (Wildman–Crippen MR) is 85.7 cm³/mol. The maximum absolute atomic E-state index is 12.2. The monoisotopic (exact) mass is 320 g/mol. The third-order valence-corrected chi connectivity index (χ3v) is 4.00. The van der Waals surface area contributed by atoms with Gasteiger partial charge in [-0.1, -0.05) is 16.9 Å². The second-order valence-corrected chi connectivity index (χ2v) is 5.79. The molecule has 7 heteroatoms. The molecule has 0 aromatic carbocycles. The summed E-state index contributed by atoms with van der Waals surface area (Å²) in [5, 5.41) is 7.53. The molecule has 0 unspecified atom stereocenters. The maximum Gasteiger partial charge on any atom is 0.254 e. The van der Waals surface area contributed by atoms with Crippen molar-refractivity contribution in [3.63, 3.8) is 0 Å². The standard InChI is InChI=1S/C15H20N4O2S/c1-11-9-12(19-21-11)10-22-15-13(5-4-8-18-15)14(20)17-7-3-2-6-16/h4-5,8-9H,2-3,6-7,10,16H2,1H3,(H,17,20). The molecule has 6 nitrogen and oxygen atoms in total. The Morgan fingerprint density at radius 3 is 3.05 bits per heavy atom. The molecule has 1 amide bonds. The Bertz CT molecular complexity index is 615. The molecule has 0 saturated carbocycles. The highest BCUT2D eigenvalue weighted by molar-refractivity contribution is 7.98. The van der Waals surface area contributed by atoms with Gasteiger partial charge in [-0.05, 0) is 38.4 Å². The fourth-order valence-corrected chi connectivity index (χ4v) is 2.75. The zero-order chi connectivity index (χ0) is 15.8. The molecular weight excluding hydrogens is 300 g/mol. The zero-order valence-corrected chi connectivity index (χ0v) is 13.4. The van der Waals surface area contributed by atoms with Crippen LogP contribution in [0, 0.1) is 6.92 Å². The highest BCUT2D eigenvalue weighted by Crippen LogP contribution is 2.24. The van der Waals surface area contributed by atoms with Crippen LogP contribution in [0.2, 0.25) is 0 Å². The number of carbonyl (C=O) groups is 1. The van der Waals surface area contributed by atoms with Crippen molar-refractivity contribution in [2.75, 3.05) is 13.1 Å². The predicted octanol–water partition coefficient (Wildman–Crippen LogP) is 2.14. The van der Waals surface area contributed by atoms with Crippen molar-refractivity contribution >= 4 is 17.7 Å². The Labute approximate surface area is 133 Å². The van der Waals surface area contributed by atoms with Crippen LogP contribution in [0.15, 0.2) is 33.9 Å². The Morgan fingerprint density at radius 1 is 1.45 bits per heavy atom. The Balaban J connectivity index is 1.95. The quantitative estimate of drug-likeness (QED) is 0.571. The van der Waals surface area contributed by atoms with Crippen LogP contribution >= 0.6 is 11.8 Å². The summed E-state index contributed by atoms with van der Waals surface area (Å²) in [5.41, 5.74) is 6.86. The highest BCUT2D eigenvalue weighted by Gasteiger charge is 2.13. The number of rotatable bonds is 8. The van der Waals surface area contributed by atoms with Gasteiger partial charge in [-0.25, -0.2) is 4.98 Å². The van der Waals surface area contributed by atoms with Gasteiger partial charge in [0.1, 0.15) is 10.8 Å². The summed E-state index contributed by atoms with van der Waals surface area (Å²) < 4.78 is 5.03. The van der Waals surface area contributed by atoms with Gasteiger partial charge in [0.05, 0.1) is 11.3 Å². The minimum atomic E-state index is -0.107. The van der Waals surface area contributed by atoms with E-state index in [9.17, 15) is 4.79 Å². The first-order chi connectivity index (χ1) is 10.7. The van der Waals surface area contributed by atoms with Crippen molar-refractivity contribution in [1.82, 2.24) is 15.5 Å². The summed E-state index contributed by atoms with van der Waals surface area (Å²) in [7, 11) is 0. The molecule has 2 aromatic rings. The average molecular weight is 320 g/mol. The number of thioether (sulfide) groups is 1. The van der Waals surface area contributed by atoms with E-state index in [1.807, 2.05) is 13.0 Å². The number of hydrogen-bond donors (Lipinski definition) is 2. The summed E-state index contributed by atoms with van der Waals surface area (Å²) in [6.07, 6.45) is 3.46. The number of nitrogens with zero attached hydrogens (tertiary/aromatic N) is 2. The molecule has 3 N–H and O–H groups in total. The number of aryl methyl sites for hydroxylation is 1. The van der Waals surface area contributed by atoms with Gasteiger partial charge >= 0.3 is 0 Å². The van der Waals surface area contributed by atoms with Crippen LogP contribution in [0.1, 0.15) is 34.7 Å². The van der Waals surface area contributed by atoms with Gasteiger partial charge in [-0.3, -0.25) is 4.79 Å². The third-order valence-electron chi connectivity index (χ3n) is 2.97. The fraction of sp³-hybridized carbons (Fsp3) is 0.400. The van der Waals surface area contributed by atoms with Gasteiger partial charge in [0.2, 0.25) is 0 Å². The topological polar surface area (TPSA) is 94.0 Å². The largest absolute Gasteiger partial charge is 0.361 e. The van der Waals surface area contributed by atoms with E-state index in [1.54, 1.807) is 18.3 Å². The minimum Gasteiger partial charge on any atom is -0.361 e. The van der Waals surface area contributed by atoms with Gasteiger partial charge in [0.15, 0.2) is 0 Å². The fourth-order valence-electron chi connectivity index (χ4n) is 1.87. The van der Waals surface area contributed by atoms with Crippen LogP contribution in [-0.4, -0.2) is 29.1 Å². The number of aromatic nitrogens is 2. The van der Waals surface area contributed by atoms with E-state index in [0.717, 1.165) is 24.3 Å². The molecule has 22 heavy (non-hydrogen) atoms. The molecule has 0 spiro atoms. The van der Waals surface area contributed by atoms with E-state index in [1.165, 1.54) is 11.8 Å². The molecular formula is C15H20N4O2S. The van der Waals surface area contributed by atoms with E-state index >= 15 is 0 Å². The van der Waals surface area contributed by atoms with Gasteiger partial charge in [0, 0.05) is 24.6 Å². The second kappa shape index (κ2) is 8.55. The van der Waals surface area contributed by atoms with Gasteiger partial charge < -0.3 is 15.6 Å². The van der Waals surface area contributed by atoms with E-state index < -0.39 is 0 Å². The van der Waals surface area contributed by atoms with E-state index in [4.69, 9.17) is 10.3 Å². The first-order valence-electron chi connectivity index (χ1n) is 7.19. The van der Waals surface area contributed by atoms with Crippen molar-refractivity contribution in [3.05, 3.63) is 41.4 Å². The number of hydrogen-bond acceptors (Lipinski definition) is 6. The summed E-state index contributed by atoms with van der Waals surface area (Å²) in [6.45, 7) is 3.11. The van der Waals surface area contributed by atoms with E-state index in [-0.39, 0.29) is 5.91 Å². The van der Waals surface area contributed by atoms with Crippen LogP contribution < -0.4 is 11.1 Å². The number of amides is 1. The Kier molecular flexibility index (Phi) is 6.42. The summed E-state index contributed by atoms with van der Waals surface area (Å²) in [4.78, 5) is 16.5. The molecule has 2 rings (SSSR count). The lowest BCUT2D eigenvalue weighted by molar-refractivity contribution is 0.0949. The third kappa shape index (κ3) is 4.85. The average Bonchev–Trinajstić information content (AvgIpc) is 2.95. The smallest absolute Gasteiger partial charge is 0.254 e. The summed E-state index contributed by atoms with van der Waals surface area (Å²) >= 11 is 1.47. The molecule has 0 saturated heterocycles. The van der Waals surface area contributed by atoms with Crippen LogP contribution in [0.3, 0.4) is 0 Å². The SMILES string of the molecule is Cc1cc(CSc2ncccc2C(=O)NCCCCN)no1. The van der Waals surface area contributed by atoms with Crippen molar-refractivity contribution < 1.29 is 9.32 Å². The lowest BCUT2D eigenvalue weighted by Gasteiger charge is -2.08. The first kappa shape index (κ1) is 16.5. The molecule has 0 atom stereocenters. The molecule has 2 aromatic heterocycles. The van der Waals surface area contributed by atoms with Gasteiger partial charge in [0.25, 0.3) is 5.91 Å². The lowest BCUT2D eigenvalue weighted by Crippen LogP contribution is -2.25. The normalized spacial score (nSPS) is 10.6. The van der Waals surface area contributed by atoms with Crippen LogP contribution in [0.25, 0.3) is 0 Å². The van der Waals surface area contributed by atoms with Crippen molar-refractivity contribution in [1.29, 1.82) is 0 Å². The van der Waals surface area contributed by atoms with Crippen molar-refractivity contribution in [2.24, 2.45) is 5.73 Å². The number of unbranched alkanes of at least 4 members (excludes halogenated alkanes) is 1. The number of carbonyl (C=O) groups excluding carboxylic acids is 1. The van der Waals surface area contributed by atoms with Crippen LogP contribution in [0.5, 0.6) is 0 Å². The van der Waals surface area contributed by atoms with E-state index in [0.29, 0.717) is 29.4 Å². The minimum absolute atomic E-state index is 0.107. The Hall–Kier alpha value is -1.86. The van der Waals surface area contributed by atoms with Gasteiger partial charge in [-0.2, -0.15) is 0 Å². The molecule has 0 fully saturated rings. The summed E-state index contributed by atoms with van der Waals surface area (Å²) in [6, 6.07) is 5.42. The molecule has 2 heterocycles. The second-order valence-electron chi connectivity index (χ2n) is 4.83. The molecule has 118 valence electrons. The molecule has 0 aliphatic heterocycles. The molecule has 0 bridgehead atoms. The zero-order valence-electron chi connectivity index (χ0n) is 12.5. The summed E-state index contributed by atoms with van der Waals surface area (Å²) in [5.74, 6) is 1.28. The molecule has 0 aliphatic carbocycles. The Morgan fingerprint density at radius 2 is 2.32 bits per heavy atom. The van der Waals surface area contributed by atoms with Crippen LogP contribution in [0.4, 0.5) is 0 Å². The number of pyridine rings is 1. The molecule has 0 aliphatic rings. The lowest BCUT2D eigenvalue weighted by atomic mass is 10.2. The number of nitrogens with two attached hydrogens (primary N) is 1. The van der Waals surface area contributed by atoms with Crippen LogP contribution in [-0.2, 0) is 5.75 Å². The van der Waals surface area contributed by atoms with Crippen molar-refractivity contribution in [3.8, 4) is 0 Å². The van der Waals surface area contributed by atoms with Gasteiger partial charge in [-0.15, -0.1) is 0 Å². The number of nitrogens with one attached hydrogen (secondary N) is 1. The maximum atomic E-state index is 12.2. The molecule has 0 radical (unpaired) electrons. The highest BCUT2D eigenvalue weighted by atomic mass is 32.2. The van der Waals surface area contributed by atoms with Crippen molar-refractivity contribution in [2.45, 2.75) is 30.5 Å².